The summed E-state index contributed by atoms with van der Waals surface area (Å²) < 4.78 is 0. The Bertz CT molecular complexity index is 1880. The molecule has 5 aromatic carbocycles. The molecular weight excluding hydrogens is 482 g/mol. The minimum atomic E-state index is -0.344. The van der Waals surface area contributed by atoms with Crippen LogP contribution in [0.25, 0.3) is 33.5 Å². The van der Waals surface area contributed by atoms with Gasteiger partial charge in [-0.05, 0) is 79.9 Å². The van der Waals surface area contributed by atoms with Gasteiger partial charge in [-0.25, -0.2) is 0 Å². The summed E-state index contributed by atoms with van der Waals surface area (Å²) in [5.74, 6) is 0. The third-order valence-electron chi connectivity index (χ3n) is 9.21. The lowest BCUT2D eigenvalue weighted by atomic mass is 9.55. The molecule has 2 aliphatic rings. The van der Waals surface area contributed by atoms with Crippen molar-refractivity contribution in [1.82, 2.24) is 4.98 Å². The highest BCUT2D eigenvalue weighted by Gasteiger charge is 2.53. The number of pyridine rings is 1. The highest BCUT2D eigenvalue weighted by molar-refractivity contribution is 5.90. The average Bonchev–Trinajstić information content (AvgIpc) is 3.31. The monoisotopic (exact) mass is 511 g/mol. The number of fused-ring (bicyclic) bond motifs is 9. The molecular formula is C39H29N. The minimum absolute atomic E-state index is 0.0814. The predicted octanol–water partition coefficient (Wildman–Crippen LogP) is 9.42. The van der Waals surface area contributed by atoms with Crippen LogP contribution in [0.2, 0.25) is 0 Å². The smallest absolute Gasteiger partial charge is 0.0719 e. The van der Waals surface area contributed by atoms with Crippen molar-refractivity contribution >= 4 is 0 Å². The summed E-state index contributed by atoms with van der Waals surface area (Å²) in [5, 5.41) is 0. The van der Waals surface area contributed by atoms with Crippen molar-refractivity contribution in [2.45, 2.75) is 24.7 Å². The molecule has 6 aromatic rings. The maximum absolute atomic E-state index is 4.58. The number of hydrogen-bond donors (Lipinski definition) is 0. The number of nitrogens with zero attached hydrogens (tertiary/aromatic N) is 1. The Morgan fingerprint density at radius 2 is 1.00 bits per heavy atom. The lowest BCUT2D eigenvalue weighted by Gasteiger charge is -2.46. The lowest BCUT2D eigenvalue weighted by Crippen LogP contribution is -2.40. The second-order valence-electron chi connectivity index (χ2n) is 11.6. The second-order valence-corrected chi connectivity index (χ2v) is 11.6. The van der Waals surface area contributed by atoms with Crippen LogP contribution in [0.5, 0.6) is 0 Å². The van der Waals surface area contributed by atoms with Crippen LogP contribution >= 0.6 is 0 Å². The van der Waals surface area contributed by atoms with Crippen LogP contribution in [0.15, 0.2) is 140 Å². The molecule has 0 aliphatic heterocycles. The summed E-state index contributed by atoms with van der Waals surface area (Å²) in [6.45, 7) is 4.74. The van der Waals surface area contributed by atoms with Gasteiger partial charge in [0.25, 0.3) is 0 Å². The molecule has 0 bridgehead atoms. The first-order valence-corrected chi connectivity index (χ1v) is 14.1. The quantitative estimate of drug-likeness (QED) is 0.225. The van der Waals surface area contributed by atoms with Gasteiger partial charge < -0.3 is 0 Å². The van der Waals surface area contributed by atoms with Crippen molar-refractivity contribution in [2.75, 3.05) is 0 Å². The molecule has 190 valence electrons. The molecule has 0 unspecified atom stereocenters. The van der Waals surface area contributed by atoms with Crippen LogP contribution in [0.4, 0.5) is 0 Å². The van der Waals surface area contributed by atoms with Crippen molar-refractivity contribution < 1.29 is 0 Å². The van der Waals surface area contributed by atoms with Crippen LogP contribution in [-0.2, 0) is 10.8 Å². The molecule has 2 aliphatic carbocycles. The Morgan fingerprint density at radius 1 is 0.425 bits per heavy atom. The van der Waals surface area contributed by atoms with Crippen molar-refractivity contribution in [2.24, 2.45) is 0 Å². The predicted molar refractivity (Wildman–Crippen MR) is 165 cm³/mol. The fraction of sp³-hybridized carbons (Fsp3) is 0.103. The van der Waals surface area contributed by atoms with Gasteiger partial charge in [-0.1, -0.05) is 123 Å². The van der Waals surface area contributed by atoms with Crippen LogP contribution in [-0.4, -0.2) is 4.98 Å². The topological polar surface area (TPSA) is 12.9 Å². The standard InChI is InChI=1S/C39H29N/c1-38(2)33-16-5-7-18-35(33)39(36-19-8-6-17-34(36)38)31-15-4-3-14-29(31)30-25-27(21-22-32(30)39)26-12-11-13-28(24-26)37-20-9-10-23-40-37/h3-25H,1-2H3. The summed E-state index contributed by atoms with van der Waals surface area (Å²) >= 11 is 0. The Labute approximate surface area is 235 Å². The van der Waals surface area contributed by atoms with E-state index in [0.29, 0.717) is 0 Å². The molecule has 1 aromatic heterocycles. The van der Waals surface area contributed by atoms with Gasteiger partial charge >= 0.3 is 0 Å². The summed E-state index contributed by atoms with van der Waals surface area (Å²) in [6.07, 6.45) is 1.86. The zero-order valence-electron chi connectivity index (χ0n) is 22.7. The van der Waals surface area contributed by atoms with E-state index < -0.39 is 0 Å². The van der Waals surface area contributed by atoms with Crippen molar-refractivity contribution in [3.05, 3.63) is 173 Å². The number of aromatic nitrogens is 1. The summed E-state index contributed by atoms with van der Waals surface area (Å²) in [6, 6.07) is 49.2. The molecule has 8 rings (SSSR count). The van der Waals surface area contributed by atoms with Gasteiger partial charge in [0, 0.05) is 17.2 Å². The SMILES string of the molecule is CC1(C)c2ccccc2C2(c3ccccc3-c3cc(-c4cccc(-c5ccccn5)c4)ccc32)c2ccccc21. The molecule has 1 heterocycles. The highest BCUT2D eigenvalue weighted by atomic mass is 14.7. The molecule has 0 atom stereocenters. The molecule has 1 spiro atoms. The van der Waals surface area contributed by atoms with Gasteiger partial charge in [0.1, 0.15) is 0 Å². The number of rotatable bonds is 2. The van der Waals surface area contributed by atoms with E-state index in [1.165, 1.54) is 55.6 Å². The van der Waals surface area contributed by atoms with E-state index in [0.717, 1.165) is 11.3 Å². The van der Waals surface area contributed by atoms with E-state index in [9.17, 15) is 0 Å². The largest absolute Gasteiger partial charge is 0.256 e. The molecule has 0 fully saturated rings. The summed E-state index contributed by atoms with van der Waals surface area (Å²) in [5.41, 5.74) is 15.1. The van der Waals surface area contributed by atoms with Gasteiger partial charge in [-0.2, -0.15) is 0 Å². The summed E-state index contributed by atoms with van der Waals surface area (Å²) in [7, 11) is 0. The second kappa shape index (κ2) is 8.37. The van der Waals surface area contributed by atoms with Gasteiger partial charge in [-0.15, -0.1) is 0 Å². The minimum Gasteiger partial charge on any atom is -0.256 e. The zero-order valence-corrected chi connectivity index (χ0v) is 22.7. The first-order chi connectivity index (χ1) is 19.6. The van der Waals surface area contributed by atoms with E-state index in [-0.39, 0.29) is 10.8 Å². The first kappa shape index (κ1) is 23.2. The molecule has 0 amide bonds. The molecule has 1 nitrogen and oxygen atoms in total. The normalized spacial score (nSPS) is 15.2. The Hall–Kier alpha value is -4.75. The van der Waals surface area contributed by atoms with Crippen molar-refractivity contribution in [1.29, 1.82) is 0 Å². The van der Waals surface area contributed by atoms with Gasteiger partial charge in [-0.3, -0.25) is 4.98 Å². The summed E-state index contributed by atoms with van der Waals surface area (Å²) in [4.78, 5) is 4.58. The van der Waals surface area contributed by atoms with Gasteiger partial charge in [0.15, 0.2) is 0 Å². The van der Waals surface area contributed by atoms with Crippen LogP contribution < -0.4 is 0 Å². The fourth-order valence-corrected chi connectivity index (χ4v) is 7.44. The zero-order chi connectivity index (χ0) is 26.9. The third-order valence-corrected chi connectivity index (χ3v) is 9.21. The van der Waals surface area contributed by atoms with Gasteiger partial charge in [0.05, 0.1) is 11.1 Å². The van der Waals surface area contributed by atoms with Crippen LogP contribution in [0.1, 0.15) is 47.2 Å². The van der Waals surface area contributed by atoms with E-state index in [1.54, 1.807) is 0 Å². The maximum Gasteiger partial charge on any atom is 0.0719 e. The molecule has 0 radical (unpaired) electrons. The Morgan fingerprint density at radius 3 is 1.70 bits per heavy atom. The van der Waals surface area contributed by atoms with E-state index in [2.05, 4.69) is 140 Å². The first-order valence-electron chi connectivity index (χ1n) is 14.1. The molecule has 1 heteroatoms. The number of benzene rings is 5. The van der Waals surface area contributed by atoms with Crippen molar-refractivity contribution in [3.8, 4) is 33.5 Å². The van der Waals surface area contributed by atoms with Crippen LogP contribution in [0.3, 0.4) is 0 Å². The highest BCUT2D eigenvalue weighted by Crippen LogP contribution is 2.62. The van der Waals surface area contributed by atoms with Crippen molar-refractivity contribution in [3.63, 3.8) is 0 Å². The van der Waals surface area contributed by atoms with Crippen LogP contribution in [0, 0.1) is 0 Å². The molecule has 0 saturated heterocycles. The molecule has 0 saturated carbocycles. The molecule has 40 heavy (non-hydrogen) atoms. The maximum atomic E-state index is 4.58. The van der Waals surface area contributed by atoms with E-state index in [4.69, 9.17) is 0 Å². The Balaban J connectivity index is 1.41. The van der Waals surface area contributed by atoms with E-state index in [1.807, 2.05) is 18.3 Å². The number of hydrogen-bond acceptors (Lipinski definition) is 1. The lowest BCUT2D eigenvalue weighted by molar-refractivity contribution is 0.563. The average molecular weight is 512 g/mol. The molecule has 0 N–H and O–H groups in total. The fourth-order valence-electron chi connectivity index (χ4n) is 7.44. The van der Waals surface area contributed by atoms with Gasteiger partial charge in [0.2, 0.25) is 0 Å². The van der Waals surface area contributed by atoms with E-state index >= 15 is 0 Å². The third kappa shape index (κ3) is 3.01. The Kier molecular flexibility index (Phi) is 4.85.